The standard InChI is InChI=1S/C22H25NO6S/c1-22(2,3)15-5-8-17(9-6-15)30(25,26)20(21(24)27-4)14-23-16-7-10-18-19(13-16)29-12-11-28-18/h5-10,13-14,23H,11-12H2,1-4H3. The summed E-state index contributed by atoms with van der Waals surface area (Å²) in [4.78, 5) is 11.8. The van der Waals surface area contributed by atoms with Gasteiger partial charge in [-0.15, -0.1) is 0 Å². The Kier molecular flexibility index (Phi) is 6.07. The average Bonchev–Trinajstić information content (AvgIpc) is 2.73. The summed E-state index contributed by atoms with van der Waals surface area (Å²) < 4.78 is 41.9. The Hall–Kier alpha value is -3.00. The molecule has 0 radical (unpaired) electrons. The second-order valence-electron chi connectivity index (χ2n) is 7.78. The molecule has 0 unspecified atom stereocenters. The van der Waals surface area contributed by atoms with Crippen LogP contribution < -0.4 is 14.8 Å². The molecule has 0 aliphatic carbocycles. The van der Waals surface area contributed by atoms with Crippen molar-refractivity contribution in [3.63, 3.8) is 0 Å². The molecule has 2 aromatic rings. The summed E-state index contributed by atoms with van der Waals surface area (Å²) in [6, 6.07) is 11.6. The lowest BCUT2D eigenvalue weighted by Gasteiger charge is -2.19. The van der Waals surface area contributed by atoms with Crippen molar-refractivity contribution in [3.8, 4) is 11.5 Å². The molecule has 0 fully saturated rings. The maximum Gasteiger partial charge on any atom is 0.351 e. The Balaban J connectivity index is 1.92. The number of carbonyl (C=O) groups excluding carboxylic acids is 1. The van der Waals surface area contributed by atoms with E-state index in [9.17, 15) is 13.2 Å². The van der Waals surface area contributed by atoms with Crippen LogP contribution in [0.2, 0.25) is 0 Å². The molecule has 1 N–H and O–H groups in total. The maximum absolute atomic E-state index is 13.1. The van der Waals surface area contributed by atoms with E-state index in [1.165, 1.54) is 12.1 Å². The SMILES string of the molecule is COC(=O)C(=CNc1ccc2c(c1)OCCO2)S(=O)(=O)c1ccc(C(C)(C)C)cc1. The van der Waals surface area contributed by atoms with Crippen molar-refractivity contribution in [3.05, 3.63) is 59.1 Å². The number of fused-ring (bicyclic) bond motifs is 1. The predicted molar refractivity (Wildman–Crippen MR) is 113 cm³/mol. The Morgan fingerprint density at radius 1 is 1.03 bits per heavy atom. The van der Waals surface area contributed by atoms with E-state index in [4.69, 9.17) is 14.2 Å². The molecule has 2 aromatic carbocycles. The zero-order chi connectivity index (χ0) is 21.9. The number of rotatable bonds is 5. The average molecular weight is 432 g/mol. The third-order valence-corrected chi connectivity index (χ3v) is 6.38. The number of nitrogens with one attached hydrogen (secondary N) is 1. The summed E-state index contributed by atoms with van der Waals surface area (Å²) in [6.07, 6.45) is 1.13. The van der Waals surface area contributed by atoms with Gasteiger partial charge in [-0.2, -0.15) is 0 Å². The van der Waals surface area contributed by atoms with Crippen molar-refractivity contribution in [2.75, 3.05) is 25.6 Å². The minimum atomic E-state index is -4.09. The fraction of sp³-hybridized carbons (Fsp3) is 0.318. The van der Waals surface area contributed by atoms with E-state index in [-0.39, 0.29) is 10.3 Å². The third kappa shape index (κ3) is 4.59. The fourth-order valence-corrected chi connectivity index (χ4v) is 4.16. The molecule has 1 aliphatic heterocycles. The molecule has 0 saturated heterocycles. The van der Waals surface area contributed by atoms with Crippen LogP contribution in [-0.4, -0.2) is 34.7 Å². The lowest BCUT2D eigenvalue weighted by Crippen LogP contribution is -2.18. The quantitative estimate of drug-likeness (QED) is 0.571. The van der Waals surface area contributed by atoms with Crippen LogP contribution in [0.25, 0.3) is 0 Å². The number of sulfone groups is 1. The maximum atomic E-state index is 13.1. The van der Waals surface area contributed by atoms with Crippen LogP contribution in [-0.2, 0) is 24.8 Å². The number of carbonyl (C=O) groups is 1. The second kappa shape index (κ2) is 8.39. The highest BCUT2D eigenvalue weighted by Crippen LogP contribution is 2.33. The van der Waals surface area contributed by atoms with Gasteiger partial charge in [0, 0.05) is 18.0 Å². The van der Waals surface area contributed by atoms with Crippen LogP contribution in [0, 0.1) is 0 Å². The summed E-state index contributed by atoms with van der Waals surface area (Å²) in [5.74, 6) is 0.190. The number of ether oxygens (including phenoxy) is 3. The molecular weight excluding hydrogens is 406 g/mol. The number of methoxy groups -OCH3 is 1. The van der Waals surface area contributed by atoms with E-state index in [2.05, 4.69) is 5.32 Å². The molecule has 0 saturated carbocycles. The summed E-state index contributed by atoms with van der Waals surface area (Å²) >= 11 is 0. The Morgan fingerprint density at radius 3 is 2.27 bits per heavy atom. The molecule has 0 spiro atoms. The molecule has 3 rings (SSSR count). The van der Waals surface area contributed by atoms with Crippen LogP contribution >= 0.6 is 0 Å². The molecule has 160 valence electrons. The van der Waals surface area contributed by atoms with Crippen molar-refractivity contribution in [2.24, 2.45) is 0 Å². The molecule has 0 amide bonds. The largest absolute Gasteiger partial charge is 0.486 e. The Morgan fingerprint density at radius 2 is 1.67 bits per heavy atom. The van der Waals surface area contributed by atoms with Crippen molar-refractivity contribution < 1.29 is 27.4 Å². The second-order valence-corrected chi connectivity index (χ2v) is 9.70. The van der Waals surface area contributed by atoms with E-state index in [0.29, 0.717) is 30.4 Å². The van der Waals surface area contributed by atoms with Gasteiger partial charge in [-0.05, 0) is 35.2 Å². The highest BCUT2D eigenvalue weighted by molar-refractivity contribution is 7.96. The highest BCUT2D eigenvalue weighted by Gasteiger charge is 2.28. The zero-order valence-corrected chi connectivity index (χ0v) is 18.2. The van der Waals surface area contributed by atoms with Crippen molar-refractivity contribution in [1.29, 1.82) is 0 Å². The van der Waals surface area contributed by atoms with Gasteiger partial charge < -0.3 is 19.5 Å². The predicted octanol–water partition coefficient (Wildman–Crippen LogP) is 3.66. The highest BCUT2D eigenvalue weighted by atomic mass is 32.2. The van der Waals surface area contributed by atoms with Gasteiger partial charge in [-0.25, -0.2) is 13.2 Å². The van der Waals surface area contributed by atoms with Gasteiger partial charge in [0.15, 0.2) is 16.4 Å². The van der Waals surface area contributed by atoms with Gasteiger partial charge in [0.2, 0.25) is 9.84 Å². The van der Waals surface area contributed by atoms with Crippen molar-refractivity contribution in [1.82, 2.24) is 0 Å². The minimum absolute atomic E-state index is 0.0103. The van der Waals surface area contributed by atoms with Crippen LogP contribution in [0.3, 0.4) is 0 Å². The minimum Gasteiger partial charge on any atom is -0.486 e. The van der Waals surface area contributed by atoms with Crippen LogP contribution in [0.4, 0.5) is 5.69 Å². The van der Waals surface area contributed by atoms with Crippen molar-refractivity contribution >= 4 is 21.5 Å². The lowest BCUT2D eigenvalue weighted by atomic mass is 9.87. The van der Waals surface area contributed by atoms with E-state index < -0.39 is 20.7 Å². The summed E-state index contributed by atoms with van der Waals surface area (Å²) in [5.41, 5.74) is 1.40. The van der Waals surface area contributed by atoms with Gasteiger partial charge in [0.25, 0.3) is 0 Å². The molecular formula is C22H25NO6S. The smallest absolute Gasteiger partial charge is 0.351 e. The summed E-state index contributed by atoms with van der Waals surface area (Å²) in [5, 5.41) is 2.84. The van der Waals surface area contributed by atoms with Gasteiger partial charge in [0.1, 0.15) is 13.2 Å². The number of hydrogen-bond donors (Lipinski definition) is 1. The first kappa shape index (κ1) is 21.7. The Labute approximate surface area is 176 Å². The molecule has 1 heterocycles. The Bertz CT molecular complexity index is 1070. The van der Waals surface area contributed by atoms with E-state index >= 15 is 0 Å². The third-order valence-electron chi connectivity index (χ3n) is 4.62. The first-order chi connectivity index (χ1) is 14.1. The zero-order valence-electron chi connectivity index (χ0n) is 17.4. The van der Waals surface area contributed by atoms with Gasteiger partial charge in [-0.1, -0.05) is 32.9 Å². The molecule has 8 heteroatoms. The normalized spacial score (nSPS) is 14.2. The molecule has 7 nitrogen and oxygen atoms in total. The van der Waals surface area contributed by atoms with Crippen LogP contribution in [0.5, 0.6) is 11.5 Å². The topological polar surface area (TPSA) is 90.9 Å². The van der Waals surface area contributed by atoms with Crippen LogP contribution in [0.15, 0.2) is 58.5 Å². The van der Waals surface area contributed by atoms with E-state index in [0.717, 1.165) is 18.9 Å². The van der Waals surface area contributed by atoms with Gasteiger partial charge in [0.05, 0.1) is 12.0 Å². The first-order valence-electron chi connectivity index (χ1n) is 9.43. The number of anilines is 1. The van der Waals surface area contributed by atoms with Gasteiger partial charge >= 0.3 is 5.97 Å². The lowest BCUT2D eigenvalue weighted by molar-refractivity contribution is -0.135. The van der Waals surface area contributed by atoms with Crippen LogP contribution in [0.1, 0.15) is 26.3 Å². The number of benzene rings is 2. The van der Waals surface area contributed by atoms with E-state index in [1.807, 2.05) is 20.8 Å². The first-order valence-corrected chi connectivity index (χ1v) is 10.9. The van der Waals surface area contributed by atoms with E-state index in [1.54, 1.807) is 30.3 Å². The number of hydrogen-bond acceptors (Lipinski definition) is 7. The number of esters is 1. The fourth-order valence-electron chi connectivity index (χ4n) is 2.89. The molecule has 0 aromatic heterocycles. The molecule has 1 aliphatic rings. The monoisotopic (exact) mass is 431 g/mol. The summed E-state index contributed by atoms with van der Waals surface area (Å²) in [6.45, 7) is 7.01. The van der Waals surface area contributed by atoms with Gasteiger partial charge in [-0.3, -0.25) is 0 Å². The molecule has 0 atom stereocenters. The molecule has 0 bridgehead atoms. The van der Waals surface area contributed by atoms with Crippen molar-refractivity contribution in [2.45, 2.75) is 31.1 Å². The molecule has 30 heavy (non-hydrogen) atoms. The summed E-state index contributed by atoms with van der Waals surface area (Å²) in [7, 11) is -2.96.